The Kier molecular flexibility index (Phi) is 2.77. The second-order valence-electron chi connectivity index (χ2n) is 4.08. The Morgan fingerprint density at radius 1 is 1.22 bits per heavy atom. The molecule has 0 amide bonds. The Morgan fingerprint density at radius 2 is 2.00 bits per heavy atom. The lowest BCUT2D eigenvalue weighted by Crippen LogP contribution is -2.15. The maximum absolute atomic E-state index is 11.4. The highest BCUT2D eigenvalue weighted by Crippen LogP contribution is 2.23. The summed E-state index contributed by atoms with van der Waals surface area (Å²) in [7, 11) is 0. The fourth-order valence-electron chi connectivity index (χ4n) is 1.97. The summed E-state index contributed by atoms with van der Waals surface area (Å²) in [5.74, 6) is 0.598. The fourth-order valence-corrected chi connectivity index (χ4v) is 2.10. The first-order valence-corrected chi connectivity index (χ1v) is 5.95. The molecule has 3 N–H and O–H groups in total. The molecular weight excluding hydrogens is 252 g/mol. The van der Waals surface area contributed by atoms with Crippen molar-refractivity contribution in [1.82, 2.24) is 15.3 Å². The summed E-state index contributed by atoms with van der Waals surface area (Å²) < 4.78 is 0. The SMILES string of the molecule is O=c1nc(Nc2ccc(Cl)cc2)c2c([nH]1)CNC2. The molecule has 1 aromatic carbocycles. The maximum atomic E-state index is 11.4. The fraction of sp³-hybridized carbons (Fsp3) is 0.167. The second kappa shape index (κ2) is 4.44. The van der Waals surface area contributed by atoms with E-state index < -0.39 is 0 Å². The van der Waals surface area contributed by atoms with E-state index in [1.165, 1.54) is 0 Å². The molecule has 1 aliphatic heterocycles. The predicted molar refractivity (Wildman–Crippen MR) is 70.1 cm³/mol. The Morgan fingerprint density at radius 3 is 2.78 bits per heavy atom. The maximum Gasteiger partial charge on any atom is 0.347 e. The van der Waals surface area contributed by atoms with Gasteiger partial charge in [-0.1, -0.05) is 11.6 Å². The van der Waals surface area contributed by atoms with Crippen LogP contribution in [0.15, 0.2) is 29.1 Å². The first-order valence-electron chi connectivity index (χ1n) is 5.58. The van der Waals surface area contributed by atoms with Crippen molar-refractivity contribution in [1.29, 1.82) is 0 Å². The molecule has 5 nitrogen and oxygen atoms in total. The number of hydrogen-bond acceptors (Lipinski definition) is 4. The summed E-state index contributed by atoms with van der Waals surface area (Å²) in [4.78, 5) is 18.1. The second-order valence-corrected chi connectivity index (χ2v) is 4.52. The number of rotatable bonds is 2. The summed E-state index contributed by atoms with van der Waals surface area (Å²) in [5, 5.41) is 6.99. The van der Waals surface area contributed by atoms with E-state index in [-0.39, 0.29) is 5.69 Å². The van der Waals surface area contributed by atoms with Gasteiger partial charge in [0.2, 0.25) is 0 Å². The topological polar surface area (TPSA) is 69.8 Å². The summed E-state index contributed by atoms with van der Waals surface area (Å²) in [5.41, 5.74) is 2.41. The van der Waals surface area contributed by atoms with Crippen molar-refractivity contribution in [3.63, 3.8) is 0 Å². The first-order chi connectivity index (χ1) is 8.72. The Bertz CT molecular complexity index is 636. The lowest BCUT2D eigenvalue weighted by molar-refractivity contribution is 0.757. The van der Waals surface area contributed by atoms with E-state index >= 15 is 0 Å². The number of hydrogen-bond donors (Lipinski definition) is 3. The lowest BCUT2D eigenvalue weighted by atomic mass is 10.2. The van der Waals surface area contributed by atoms with Gasteiger partial charge in [-0.05, 0) is 24.3 Å². The normalized spacial score (nSPS) is 13.4. The van der Waals surface area contributed by atoms with Gasteiger partial charge in [-0.3, -0.25) is 0 Å². The third-order valence-corrected chi connectivity index (χ3v) is 3.08. The molecule has 2 aromatic rings. The molecular formula is C12H11ClN4O. The summed E-state index contributed by atoms with van der Waals surface area (Å²) in [6.45, 7) is 1.37. The molecule has 0 radical (unpaired) electrons. The highest BCUT2D eigenvalue weighted by molar-refractivity contribution is 6.30. The molecule has 0 atom stereocenters. The average Bonchev–Trinajstić information content (AvgIpc) is 2.80. The minimum absolute atomic E-state index is 0.339. The van der Waals surface area contributed by atoms with Crippen LogP contribution in [-0.4, -0.2) is 9.97 Å². The smallest absolute Gasteiger partial charge is 0.340 e. The molecule has 0 aliphatic carbocycles. The van der Waals surface area contributed by atoms with Gasteiger partial charge >= 0.3 is 5.69 Å². The number of fused-ring (bicyclic) bond motifs is 1. The van der Waals surface area contributed by atoms with E-state index in [9.17, 15) is 4.79 Å². The number of halogens is 1. The average molecular weight is 263 g/mol. The Balaban J connectivity index is 1.98. The number of aromatic amines is 1. The summed E-state index contributed by atoms with van der Waals surface area (Å²) in [6.07, 6.45) is 0. The monoisotopic (exact) mass is 262 g/mol. The highest BCUT2D eigenvalue weighted by Gasteiger charge is 2.17. The highest BCUT2D eigenvalue weighted by atomic mass is 35.5. The van der Waals surface area contributed by atoms with Gasteiger partial charge in [-0.2, -0.15) is 4.98 Å². The molecule has 0 saturated carbocycles. The van der Waals surface area contributed by atoms with Crippen molar-refractivity contribution < 1.29 is 0 Å². The Hall–Kier alpha value is -1.85. The number of nitrogens with one attached hydrogen (secondary N) is 3. The van der Waals surface area contributed by atoms with Crippen molar-refractivity contribution in [2.24, 2.45) is 0 Å². The number of nitrogens with zero attached hydrogens (tertiary/aromatic N) is 1. The van der Waals surface area contributed by atoms with Gasteiger partial charge in [0, 0.05) is 35.1 Å². The van der Waals surface area contributed by atoms with Gasteiger partial charge in [0.15, 0.2) is 0 Å². The number of aromatic nitrogens is 2. The van der Waals surface area contributed by atoms with Gasteiger partial charge in [-0.25, -0.2) is 4.79 Å². The third-order valence-electron chi connectivity index (χ3n) is 2.83. The van der Waals surface area contributed by atoms with Crippen molar-refractivity contribution >= 4 is 23.1 Å². The molecule has 18 heavy (non-hydrogen) atoms. The third kappa shape index (κ3) is 2.10. The predicted octanol–water partition coefficient (Wildman–Crippen LogP) is 1.77. The van der Waals surface area contributed by atoms with Crippen LogP contribution in [0.5, 0.6) is 0 Å². The number of benzene rings is 1. The molecule has 2 heterocycles. The van der Waals surface area contributed by atoms with E-state index in [4.69, 9.17) is 11.6 Å². The van der Waals surface area contributed by atoms with Crippen LogP contribution in [0.2, 0.25) is 5.02 Å². The van der Waals surface area contributed by atoms with Crippen molar-refractivity contribution in [3.8, 4) is 0 Å². The molecule has 92 valence electrons. The molecule has 6 heteroatoms. The molecule has 0 fully saturated rings. The molecule has 0 spiro atoms. The minimum Gasteiger partial charge on any atom is -0.340 e. The summed E-state index contributed by atoms with van der Waals surface area (Å²) in [6, 6.07) is 7.27. The largest absolute Gasteiger partial charge is 0.347 e. The molecule has 0 unspecified atom stereocenters. The van der Waals surface area contributed by atoms with Gasteiger partial charge in [0.25, 0.3) is 0 Å². The standard InChI is InChI=1S/C12H11ClN4O/c13-7-1-3-8(4-2-7)15-11-9-5-14-6-10(9)16-12(18)17-11/h1-4,14H,5-6H2,(H2,15,16,17,18). The van der Waals surface area contributed by atoms with Gasteiger partial charge < -0.3 is 15.6 Å². The molecule has 0 bridgehead atoms. The number of anilines is 2. The van der Waals surface area contributed by atoms with Crippen LogP contribution in [-0.2, 0) is 13.1 Å². The van der Waals surface area contributed by atoms with Crippen LogP contribution in [0.3, 0.4) is 0 Å². The quantitative estimate of drug-likeness (QED) is 0.772. The van der Waals surface area contributed by atoms with E-state index in [2.05, 4.69) is 20.6 Å². The first kappa shape index (κ1) is 11.3. The molecule has 3 rings (SSSR count). The Labute approximate surface area is 108 Å². The van der Waals surface area contributed by atoms with E-state index in [0.29, 0.717) is 23.9 Å². The lowest BCUT2D eigenvalue weighted by Gasteiger charge is -2.09. The molecule has 1 aromatic heterocycles. The van der Waals surface area contributed by atoms with Crippen molar-refractivity contribution in [2.45, 2.75) is 13.1 Å². The number of H-pyrrole nitrogens is 1. The summed E-state index contributed by atoms with van der Waals surface area (Å²) >= 11 is 5.83. The van der Waals surface area contributed by atoms with Gasteiger partial charge in [-0.15, -0.1) is 0 Å². The van der Waals surface area contributed by atoms with E-state index in [1.54, 1.807) is 12.1 Å². The van der Waals surface area contributed by atoms with E-state index in [1.807, 2.05) is 12.1 Å². The zero-order valence-electron chi connectivity index (χ0n) is 9.46. The molecule has 1 aliphatic rings. The van der Waals surface area contributed by atoms with Crippen LogP contribution in [0.25, 0.3) is 0 Å². The zero-order valence-corrected chi connectivity index (χ0v) is 10.2. The van der Waals surface area contributed by atoms with Crippen LogP contribution < -0.4 is 16.3 Å². The van der Waals surface area contributed by atoms with Crippen LogP contribution in [0.1, 0.15) is 11.3 Å². The van der Waals surface area contributed by atoms with Crippen molar-refractivity contribution in [2.75, 3.05) is 5.32 Å². The molecule has 0 saturated heterocycles. The van der Waals surface area contributed by atoms with E-state index in [0.717, 1.165) is 16.9 Å². The van der Waals surface area contributed by atoms with Crippen molar-refractivity contribution in [3.05, 3.63) is 51.0 Å². The zero-order chi connectivity index (χ0) is 12.5. The van der Waals surface area contributed by atoms with Crippen LogP contribution in [0.4, 0.5) is 11.5 Å². The van der Waals surface area contributed by atoms with Gasteiger partial charge in [0.05, 0.1) is 0 Å². The van der Waals surface area contributed by atoms with Crippen LogP contribution in [0, 0.1) is 0 Å². The minimum atomic E-state index is -0.339. The van der Waals surface area contributed by atoms with Crippen LogP contribution >= 0.6 is 11.6 Å². The van der Waals surface area contributed by atoms with Gasteiger partial charge in [0.1, 0.15) is 5.82 Å².